The first-order chi connectivity index (χ1) is 16.4. The zero-order chi connectivity index (χ0) is 26.0. The van der Waals surface area contributed by atoms with E-state index in [1.165, 1.54) is 11.0 Å². The monoisotopic (exact) mass is 486 g/mol. The van der Waals surface area contributed by atoms with Crippen LogP contribution in [0.4, 0.5) is 5.69 Å². The summed E-state index contributed by atoms with van der Waals surface area (Å²) in [5.41, 5.74) is 6.92. The summed E-state index contributed by atoms with van der Waals surface area (Å²) in [5, 5.41) is 46.5. The minimum Gasteiger partial charge on any atom is -0.510 e. The topological polar surface area (TPSA) is 217 Å². The number of fused-ring (bicyclic) bond motifs is 3. The number of allylic oxidation sites excluding steroid dienone is 1. The number of aromatic hydroxyl groups is 1. The van der Waals surface area contributed by atoms with Gasteiger partial charge in [0.25, 0.3) is 5.91 Å². The van der Waals surface area contributed by atoms with E-state index < -0.39 is 69.7 Å². The Kier molecular flexibility index (Phi) is 5.70. The molecule has 0 aromatic heterocycles. The lowest BCUT2D eigenvalue weighted by Crippen LogP contribution is -2.63. The first kappa shape index (κ1) is 24.4. The molecule has 9 N–H and O–H groups in total. The molecule has 0 bridgehead atoms. The van der Waals surface area contributed by atoms with Crippen LogP contribution in [-0.4, -0.2) is 81.0 Å². The normalized spacial score (nSPS) is 28.0. The fraction of sp³-hybridized carbons (Fsp3) is 0.391. The number of carbonyl (C=O) groups excluding carboxylic acids is 4. The second-order valence-electron chi connectivity index (χ2n) is 9.21. The van der Waals surface area contributed by atoms with Crippen LogP contribution in [0, 0.1) is 11.8 Å². The molecule has 0 heterocycles. The smallest absolute Gasteiger partial charge is 0.255 e. The number of hydrogen-bond acceptors (Lipinski definition) is 10. The van der Waals surface area contributed by atoms with Crippen molar-refractivity contribution >= 4 is 29.1 Å². The summed E-state index contributed by atoms with van der Waals surface area (Å²) < 4.78 is 0. The summed E-state index contributed by atoms with van der Waals surface area (Å²) in [4.78, 5) is 51.9. The van der Waals surface area contributed by atoms with Gasteiger partial charge >= 0.3 is 0 Å². The van der Waals surface area contributed by atoms with Crippen molar-refractivity contribution in [1.29, 1.82) is 0 Å². The number of carbonyl (C=O) groups is 4. The van der Waals surface area contributed by atoms with Crippen molar-refractivity contribution in [3.05, 3.63) is 45.9 Å². The molecule has 3 aliphatic carbocycles. The summed E-state index contributed by atoms with van der Waals surface area (Å²) in [6.45, 7) is -0.357. The third-order valence-electron chi connectivity index (χ3n) is 7.05. The number of Topliss-reactive ketones (excluding diaryl/α,β-unsaturated/α-hetero) is 2. The Morgan fingerprint density at radius 2 is 1.86 bits per heavy atom. The molecule has 4 atom stereocenters. The molecular formula is C23H26N4O8. The summed E-state index contributed by atoms with van der Waals surface area (Å²) in [7, 11) is 3.12. The number of phenolic OH excluding ortho intramolecular Hbond substituents is 1. The van der Waals surface area contributed by atoms with E-state index in [1.807, 2.05) is 0 Å². The van der Waals surface area contributed by atoms with Crippen LogP contribution in [0.5, 0.6) is 5.75 Å². The van der Waals surface area contributed by atoms with Crippen LogP contribution in [-0.2, 0) is 20.8 Å². The average Bonchev–Trinajstić information content (AvgIpc) is 2.77. The van der Waals surface area contributed by atoms with Gasteiger partial charge in [-0.15, -0.1) is 0 Å². The number of aliphatic hydroxyl groups excluding tert-OH is 2. The number of benzene rings is 1. The van der Waals surface area contributed by atoms with E-state index in [9.17, 15) is 39.6 Å². The molecule has 12 heteroatoms. The number of nitrogens with zero attached hydrogens (tertiary/aromatic N) is 1. The van der Waals surface area contributed by atoms with Crippen molar-refractivity contribution in [1.82, 2.24) is 4.90 Å². The SMILES string of the molecule is CN(C)[C@@H]1C(O)=C(C(N)=O)C(=O)[C@@]2(O)C(O)=C3C(=O)c4c(ccc(NC(=O)CN)c4O)C[C@@H]3C[C@@H]12. The lowest BCUT2D eigenvalue weighted by molar-refractivity contribution is -0.148. The highest BCUT2D eigenvalue weighted by Gasteiger charge is 2.63. The van der Waals surface area contributed by atoms with Gasteiger partial charge in [-0.2, -0.15) is 0 Å². The summed E-state index contributed by atoms with van der Waals surface area (Å²) >= 11 is 0. The Morgan fingerprint density at radius 3 is 2.43 bits per heavy atom. The largest absolute Gasteiger partial charge is 0.510 e. The van der Waals surface area contributed by atoms with Gasteiger partial charge in [-0.05, 0) is 44.5 Å². The van der Waals surface area contributed by atoms with Gasteiger partial charge in [-0.25, -0.2) is 0 Å². The molecule has 0 saturated heterocycles. The summed E-state index contributed by atoms with van der Waals surface area (Å²) in [6.07, 6.45) is 0.158. The van der Waals surface area contributed by atoms with E-state index >= 15 is 0 Å². The molecule has 1 aromatic carbocycles. The van der Waals surface area contributed by atoms with Crippen molar-refractivity contribution in [2.75, 3.05) is 26.0 Å². The van der Waals surface area contributed by atoms with Gasteiger partial charge in [0.1, 0.15) is 17.1 Å². The lowest BCUT2D eigenvalue weighted by atomic mass is 9.58. The second kappa shape index (κ2) is 8.18. The zero-order valence-corrected chi connectivity index (χ0v) is 19.0. The highest BCUT2D eigenvalue weighted by molar-refractivity contribution is 6.25. The molecule has 35 heavy (non-hydrogen) atoms. The van der Waals surface area contributed by atoms with Gasteiger partial charge in [-0.3, -0.25) is 24.1 Å². The van der Waals surface area contributed by atoms with Crippen molar-refractivity contribution in [2.45, 2.75) is 24.5 Å². The standard InChI is InChI=1S/C23H26N4O8/c1-27(2)16-10-6-9-5-8-3-4-11(26-12(28)7-24)17(29)13(8)18(30)14(9)20(32)23(10,35)21(33)15(19(16)31)22(25)34/h3-4,9-10,16,29,31-32,35H,5-7,24H2,1-2H3,(H2,25,34)(H,26,28)/t9-,10+,16+,23+/m1/s1. The molecule has 0 spiro atoms. The highest BCUT2D eigenvalue weighted by Crippen LogP contribution is 2.52. The fourth-order valence-electron chi connectivity index (χ4n) is 5.53. The van der Waals surface area contributed by atoms with Gasteiger partial charge in [0.2, 0.25) is 11.7 Å². The first-order valence-electron chi connectivity index (χ1n) is 10.9. The van der Waals surface area contributed by atoms with Crippen LogP contribution in [0.2, 0.25) is 0 Å². The minimum atomic E-state index is -2.70. The predicted molar refractivity (Wildman–Crippen MR) is 121 cm³/mol. The number of amides is 2. The Bertz CT molecular complexity index is 1250. The van der Waals surface area contributed by atoms with Crippen LogP contribution >= 0.6 is 0 Å². The first-order valence-corrected chi connectivity index (χ1v) is 10.9. The quantitative estimate of drug-likeness (QED) is 0.204. The molecule has 186 valence electrons. The van der Waals surface area contributed by atoms with E-state index in [4.69, 9.17) is 11.5 Å². The fourth-order valence-corrected chi connectivity index (χ4v) is 5.53. The number of aliphatic hydroxyl groups is 3. The average molecular weight is 486 g/mol. The predicted octanol–water partition coefficient (Wildman–Crippen LogP) is -0.982. The number of primary amides is 1. The van der Waals surface area contributed by atoms with Gasteiger partial charge in [0, 0.05) is 11.5 Å². The zero-order valence-electron chi connectivity index (χ0n) is 19.0. The van der Waals surface area contributed by atoms with Crippen LogP contribution in [0.25, 0.3) is 0 Å². The number of hydrogen-bond donors (Lipinski definition) is 7. The van der Waals surface area contributed by atoms with E-state index in [2.05, 4.69) is 5.32 Å². The molecule has 2 amide bonds. The molecule has 0 saturated carbocycles. The lowest BCUT2D eigenvalue weighted by Gasteiger charge is -2.50. The van der Waals surface area contributed by atoms with Crippen molar-refractivity contribution < 1.29 is 39.6 Å². The van der Waals surface area contributed by atoms with Gasteiger partial charge in [0.15, 0.2) is 17.1 Å². The maximum atomic E-state index is 13.5. The number of phenols is 1. The number of rotatable bonds is 4. The molecule has 4 rings (SSSR count). The number of nitrogens with two attached hydrogens (primary N) is 2. The molecule has 0 fully saturated rings. The molecular weight excluding hydrogens is 460 g/mol. The minimum absolute atomic E-state index is 0.00180. The number of ketones is 2. The maximum Gasteiger partial charge on any atom is 0.255 e. The Morgan fingerprint density at radius 1 is 1.20 bits per heavy atom. The molecule has 0 radical (unpaired) electrons. The van der Waals surface area contributed by atoms with Gasteiger partial charge < -0.3 is 37.2 Å². The van der Waals surface area contributed by atoms with Crippen molar-refractivity contribution in [3.8, 4) is 5.75 Å². The van der Waals surface area contributed by atoms with E-state index in [0.29, 0.717) is 5.56 Å². The number of likely N-dealkylation sites (N-methyl/N-ethyl adjacent to an activating group) is 1. The van der Waals surface area contributed by atoms with Gasteiger partial charge in [0.05, 0.1) is 23.8 Å². The molecule has 1 aromatic rings. The van der Waals surface area contributed by atoms with Crippen LogP contribution in [0.3, 0.4) is 0 Å². The Labute approximate surface area is 199 Å². The third kappa shape index (κ3) is 3.32. The molecule has 12 nitrogen and oxygen atoms in total. The number of anilines is 1. The van der Waals surface area contributed by atoms with E-state index in [0.717, 1.165) is 0 Å². The second-order valence-corrected chi connectivity index (χ2v) is 9.21. The van der Waals surface area contributed by atoms with E-state index in [1.54, 1.807) is 20.2 Å². The van der Waals surface area contributed by atoms with Gasteiger partial charge in [-0.1, -0.05) is 6.07 Å². The molecule has 3 aliphatic rings. The van der Waals surface area contributed by atoms with Crippen molar-refractivity contribution in [3.63, 3.8) is 0 Å². The highest BCUT2D eigenvalue weighted by atomic mass is 16.3. The van der Waals surface area contributed by atoms with Crippen LogP contribution in [0.1, 0.15) is 22.3 Å². The van der Waals surface area contributed by atoms with Crippen molar-refractivity contribution in [2.24, 2.45) is 23.3 Å². The van der Waals surface area contributed by atoms with E-state index in [-0.39, 0.29) is 36.2 Å². The Hall–Kier alpha value is -3.74. The van der Waals surface area contributed by atoms with Crippen LogP contribution in [0.15, 0.2) is 34.8 Å². The molecule has 0 unspecified atom stereocenters. The summed E-state index contributed by atoms with van der Waals surface area (Å²) in [6, 6.07) is 1.91. The summed E-state index contributed by atoms with van der Waals surface area (Å²) in [5.74, 6) is -7.91. The Balaban J connectivity index is 1.90. The number of nitrogens with one attached hydrogen (secondary N) is 1. The molecule has 0 aliphatic heterocycles. The third-order valence-corrected chi connectivity index (χ3v) is 7.05. The maximum absolute atomic E-state index is 13.5. The van der Waals surface area contributed by atoms with Crippen LogP contribution < -0.4 is 16.8 Å².